The standard InChI is InChI=1S/C18H24F3N3O3S.ClH/c1-28(26,27)24-7-3-4-14(13-24)17(25)23-10-8-22(9-11-23)16-6-2-5-15(12-16)18(19,20)21;/h2,5-6,12,14H,3-4,7-11,13H2,1H3;1H. The number of alkyl halides is 3. The van der Waals surface area contributed by atoms with Gasteiger partial charge in [-0.2, -0.15) is 13.2 Å². The molecule has 0 saturated carbocycles. The Labute approximate surface area is 175 Å². The van der Waals surface area contributed by atoms with Crippen molar-refractivity contribution in [1.82, 2.24) is 9.21 Å². The van der Waals surface area contributed by atoms with Crippen LogP contribution >= 0.6 is 12.4 Å². The fourth-order valence-corrected chi connectivity index (χ4v) is 4.68. The predicted molar refractivity (Wildman–Crippen MR) is 107 cm³/mol. The van der Waals surface area contributed by atoms with Crippen molar-refractivity contribution in [2.24, 2.45) is 5.92 Å². The lowest BCUT2D eigenvalue weighted by atomic mass is 9.97. The second kappa shape index (κ2) is 9.09. The lowest BCUT2D eigenvalue weighted by molar-refractivity contribution is -0.137. The van der Waals surface area contributed by atoms with Crippen molar-refractivity contribution in [1.29, 1.82) is 0 Å². The van der Waals surface area contributed by atoms with Crippen LogP contribution in [0.25, 0.3) is 0 Å². The molecule has 2 aliphatic heterocycles. The summed E-state index contributed by atoms with van der Waals surface area (Å²) in [6, 6.07) is 5.19. The summed E-state index contributed by atoms with van der Waals surface area (Å²) in [5.41, 5.74) is -0.200. The maximum Gasteiger partial charge on any atom is 0.416 e. The lowest BCUT2D eigenvalue weighted by Crippen LogP contribution is -2.53. The number of carbonyl (C=O) groups is 1. The Kier molecular flexibility index (Phi) is 7.45. The van der Waals surface area contributed by atoms with E-state index < -0.39 is 21.8 Å². The topological polar surface area (TPSA) is 60.9 Å². The smallest absolute Gasteiger partial charge is 0.368 e. The Balaban J connectivity index is 0.00000300. The number of rotatable bonds is 3. The largest absolute Gasteiger partial charge is 0.416 e. The van der Waals surface area contributed by atoms with Gasteiger partial charge in [0.05, 0.1) is 17.7 Å². The van der Waals surface area contributed by atoms with Crippen molar-refractivity contribution in [3.8, 4) is 0 Å². The van der Waals surface area contributed by atoms with E-state index in [0.717, 1.165) is 18.4 Å². The number of sulfonamides is 1. The number of piperidine rings is 1. The molecular formula is C18H25ClF3N3O3S. The van der Waals surface area contributed by atoms with E-state index in [0.29, 0.717) is 51.3 Å². The number of halogens is 4. The van der Waals surface area contributed by atoms with E-state index in [9.17, 15) is 26.4 Å². The zero-order valence-electron chi connectivity index (χ0n) is 16.1. The predicted octanol–water partition coefficient (Wildman–Crippen LogP) is 2.45. The molecule has 2 heterocycles. The van der Waals surface area contributed by atoms with E-state index >= 15 is 0 Å². The van der Waals surface area contributed by atoms with Crippen LogP contribution in [-0.2, 0) is 21.0 Å². The Morgan fingerprint density at radius 1 is 1.10 bits per heavy atom. The zero-order chi connectivity index (χ0) is 20.5. The summed E-state index contributed by atoms with van der Waals surface area (Å²) in [5, 5.41) is 0. The summed E-state index contributed by atoms with van der Waals surface area (Å²) < 4.78 is 63.5. The summed E-state index contributed by atoms with van der Waals surface area (Å²) in [5.74, 6) is -0.430. The van der Waals surface area contributed by atoms with Crippen molar-refractivity contribution in [3.63, 3.8) is 0 Å². The molecule has 0 spiro atoms. The molecule has 164 valence electrons. The summed E-state index contributed by atoms with van der Waals surface area (Å²) >= 11 is 0. The van der Waals surface area contributed by atoms with Crippen molar-refractivity contribution in [2.45, 2.75) is 19.0 Å². The number of nitrogens with zero attached hydrogens (tertiary/aromatic N) is 3. The van der Waals surface area contributed by atoms with Gasteiger partial charge in [0, 0.05) is 45.0 Å². The average Bonchev–Trinajstić information content (AvgIpc) is 2.66. The minimum absolute atomic E-state index is 0. The quantitative estimate of drug-likeness (QED) is 0.702. The van der Waals surface area contributed by atoms with Crippen LogP contribution in [-0.4, -0.2) is 69.1 Å². The summed E-state index contributed by atoms with van der Waals surface area (Å²) in [6.07, 6.45) is -1.94. The van der Waals surface area contributed by atoms with Gasteiger partial charge in [0.25, 0.3) is 0 Å². The van der Waals surface area contributed by atoms with E-state index in [1.165, 1.54) is 10.4 Å². The number of hydrogen-bond acceptors (Lipinski definition) is 4. The molecule has 0 radical (unpaired) electrons. The number of amides is 1. The average molecular weight is 456 g/mol. The highest BCUT2D eigenvalue weighted by molar-refractivity contribution is 7.88. The number of carbonyl (C=O) groups excluding carboxylic acids is 1. The first-order valence-electron chi connectivity index (χ1n) is 9.22. The SMILES string of the molecule is CS(=O)(=O)N1CCCC(C(=O)N2CCN(c3cccc(C(F)(F)F)c3)CC2)C1.Cl. The summed E-state index contributed by atoms with van der Waals surface area (Å²) in [6.45, 7) is 2.33. The van der Waals surface area contributed by atoms with E-state index in [-0.39, 0.29) is 30.8 Å². The molecular weight excluding hydrogens is 431 g/mol. The number of benzene rings is 1. The van der Waals surface area contributed by atoms with Crippen LogP contribution in [0.2, 0.25) is 0 Å². The van der Waals surface area contributed by atoms with Gasteiger partial charge in [-0.05, 0) is 31.0 Å². The van der Waals surface area contributed by atoms with Crippen LogP contribution in [0.15, 0.2) is 24.3 Å². The van der Waals surface area contributed by atoms with Crippen molar-refractivity contribution in [3.05, 3.63) is 29.8 Å². The first-order valence-corrected chi connectivity index (χ1v) is 11.1. The molecule has 1 unspecified atom stereocenters. The Bertz CT molecular complexity index is 827. The minimum Gasteiger partial charge on any atom is -0.368 e. The first-order chi connectivity index (χ1) is 13.1. The van der Waals surface area contributed by atoms with Gasteiger partial charge in [0.1, 0.15) is 0 Å². The molecule has 0 aromatic heterocycles. The fraction of sp³-hybridized carbons (Fsp3) is 0.611. The van der Waals surface area contributed by atoms with Crippen molar-refractivity contribution in [2.75, 3.05) is 50.4 Å². The van der Waals surface area contributed by atoms with Gasteiger partial charge in [-0.1, -0.05) is 6.07 Å². The number of piperazine rings is 1. The second-order valence-corrected chi connectivity index (χ2v) is 9.30. The molecule has 1 amide bonds. The van der Waals surface area contributed by atoms with Gasteiger partial charge in [-0.3, -0.25) is 4.79 Å². The highest BCUT2D eigenvalue weighted by Crippen LogP contribution is 2.32. The van der Waals surface area contributed by atoms with Crippen LogP contribution < -0.4 is 4.90 Å². The van der Waals surface area contributed by atoms with Gasteiger partial charge in [0.2, 0.25) is 15.9 Å². The van der Waals surface area contributed by atoms with E-state index in [1.54, 1.807) is 11.0 Å². The normalized spacial score (nSPS) is 21.6. The van der Waals surface area contributed by atoms with E-state index in [2.05, 4.69) is 0 Å². The third-order valence-corrected chi connectivity index (χ3v) is 6.60. The molecule has 6 nitrogen and oxygen atoms in total. The highest BCUT2D eigenvalue weighted by atomic mass is 35.5. The van der Waals surface area contributed by atoms with E-state index in [1.807, 2.05) is 4.90 Å². The summed E-state index contributed by atoms with van der Waals surface area (Å²) in [4.78, 5) is 16.3. The van der Waals surface area contributed by atoms with Crippen LogP contribution in [0.4, 0.5) is 18.9 Å². The van der Waals surface area contributed by atoms with E-state index in [4.69, 9.17) is 0 Å². The molecule has 1 aromatic carbocycles. The molecule has 1 atom stereocenters. The first kappa shape index (κ1) is 23.8. The number of hydrogen-bond donors (Lipinski definition) is 0. The fourth-order valence-electron chi connectivity index (χ4n) is 3.77. The Morgan fingerprint density at radius 2 is 1.76 bits per heavy atom. The van der Waals surface area contributed by atoms with Crippen LogP contribution in [0.3, 0.4) is 0 Å². The van der Waals surface area contributed by atoms with Gasteiger partial charge in [-0.25, -0.2) is 12.7 Å². The third kappa shape index (κ3) is 5.76. The molecule has 2 fully saturated rings. The Morgan fingerprint density at radius 3 is 2.34 bits per heavy atom. The highest BCUT2D eigenvalue weighted by Gasteiger charge is 2.34. The van der Waals surface area contributed by atoms with Crippen LogP contribution in [0, 0.1) is 5.92 Å². The number of anilines is 1. The minimum atomic E-state index is -4.39. The monoisotopic (exact) mass is 455 g/mol. The molecule has 0 aliphatic carbocycles. The molecule has 29 heavy (non-hydrogen) atoms. The van der Waals surface area contributed by atoms with Crippen LogP contribution in [0.1, 0.15) is 18.4 Å². The molecule has 11 heteroatoms. The molecule has 1 aromatic rings. The van der Waals surface area contributed by atoms with Crippen molar-refractivity contribution < 1.29 is 26.4 Å². The maximum atomic E-state index is 12.9. The molecule has 2 saturated heterocycles. The lowest BCUT2D eigenvalue weighted by Gasteiger charge is -2.39. The zero-order valence-corrected chi connectivity index (χ0v) is 17.7. The second-order valence-electron chi connectivity index (χ2n) is 7.32. The Hall–Kier alpha value is -1.52. The van der Waals surface area contributed by atoms with Gasteiger partial charge >= 0.3 is 6.18 Å². The van der Waals surface area contributed by atoms with Crippen molar-refractivity contribution >= 4 is 34.0 Å². The molecule has 2 aliphatic rings. The van der Waals surface area contributed by atoms with Gasteiger partial charge in [0.15, 0.2) is 0 Å². The summed E-state index contributed by atoms with van der Waals surface area (Å²) in [7, 11) is -3.32. The van der Waals surface area contributed by atoms with Gasteiger partial charge < -0.3 is 9.80 Å². The van der Waals surface area contributed by atoms with Crippen LogP contribution in [0.5, 0.6) is 0 Å². The molecule has 0 N–H and O–H groups in total. The molecule has 3 rings (SSSR count). The third-order valence-electron chi connectivity index (χ3n) is 5.33. The van der Waals surface area contributed by atoms with Gasteiger partial charge in [-0.15, -0.1) is 12.4 Å². The molecule has 0 bridgehead atoms. The maximum absolute atomic E-state index is 12.9.